The monoisotopic (exact) mass is 472 g/mol. The third-order valence-electron chi connectivity index (χ3n) is 5.43. The van der Waals surface area contributed by atoms with Gasteiger partial charge in [0.2, 0.25) is 10.0 Å². The number of carbonyl (C=O) groups excluding carboxylic acids is 3. The van der Waals surface area contributed by atoms with Crippen LogP contribution in [-0.4, -0.2) is 50.1 Å². The lowest BCUT2D eigenvalue weighted by atomic mass is 9.94. The van der Waals surface area contributed by atoms with E-state index in [1.54, 1.807) is 18.2 Å². The maximum Gasteiger partial charge on any atom is 0.338 e. The number of hydrogen-bond donors (Lipinski definition) is 1. The highest BCUT2D eigenvalue weighted by atomic mass is 32.2. The predicted octanol–water partition coefficient (Wildman–Crippen LogP) is 3.35. The molecule has 2 aromatic rings. The zero-order chi connectivity index (χ0) is 24.2. The molecule has 33 heavy (non-hydrogen) atoms. The molecule has 0 bridgehead atoms. The molecule has 2 atom stereocenters. The van der Waals surface area contributed by atoms with Crippen molar-refractivity contribution in [2.45, 2.75) is 32.1 Å². The van der Waals surface area contributed by atoms with Gasteiger partial charge in [0.05, 0.1) is 10.5 Å². The second-order valence-electron chi connectivity index (χ2n) is 8.56. The fourth-order valence-electron chi connectivity index (χ4n) is 3.96. The standard InChI is InChI=1S/C24H28N2O6S/c1-16-10-17(2)14-26(13-16)33(30,31)22-9-5-7-20(12-22)24(29)32-15-23(28)25-21-8-4-6-19(11-21)18(3)27/h4-9,11-12,16-17H,10,13-15H2,1-3H3,(H,25,28). The summed E-state index contributed by atoms with van der Waals surface area (Å²) in [6.07, 6.45) is 0.972. The Balaban J connectivity index is 1.64. The smallest absolute Gasteiger partial charge is 0.338 e. The van der Waals surface area contributed by atoms with Gasteiger partial charge in [0.1, 0.15) is 0 Å². The summed E-state index contributed by atoms with van der Waals surface area (Å²) in [7, 11) is -3.75. The molecule has 0 spiro atoms. The Bertz CT molecular complexity index is 1150. The highest BCUT2D eigenvalue weighted by molar-refractivity contribution is 7.89. The number of benzene rings is 2. The van der Waals surface area contributed by atoms with Crippen molar-refractivity contribution in [1.82, 2.24) is 4.31 Å². The molecule has 1 saturated heterocycles. The summed E-state index contributed by atoms with van der Waals surface area (Å²) >= 11 is 0. The Morgan fingerprint density at radius 3 is 2.30 bits per heavy atom. The second-order valence-corrected chi connectivity index (χ2v) is 10.5. The number of rotatable bonds is 7. The third-order valence-corrected chi connectivity index (χ3v) is 7.26. The van der Waals surface area contributed by atoms with Crippen LogP contribution in [0.2, 0.25) is 0 Å². The Morgan fingerprint density at radius 2 is 1.64 bits per heavy atom. The summed E-state index contributed by atoms with van der Waals surface area (Å²) in [4.78, 5) is 36.1. The van der Waals surface area contributed by atoms with Gasteiger partial charge in [-0.25, -0.2) is 13.2 Å². The van der Waals surface area contributed by atoms with Crippen LogP contribution in [0.3, 0.4) is 0 Å². The number of carbonyl (C=O) groups is 3. The minimum absolute atomic E-state index is 0.0174. The molecule has 1 amide bonds. The van der Waals surface area contributed by atoms with E-state index in [2.05, 4.69) is 5.32 Å². The molecule has 2 unspecified atom stereocenters. The molecule has 3 rings (SSSR count). The first-order valence-corrected chi connectivity index (χ1v) is 12.2. The van der Waals surface area contributed by atoms with Crippen LogP contribution >= 0.6 is 0 Å². The molecule has 9 heteroatoms. The largest absolute Gasteiger partial charge is 0.452 e. The zero-order valence-corrected chi connectivity index (χ0v) is 19.7. The number of hydrogen-bond acceptors (Lipinski definition) is 6. The molecule has 0 radical (unpaired) electrons. The average molecular weight is 473 g/mol. The number of nitrogens with one attached hydrogen (secondary N) is 1. The molecule has 8 nitrogen and oxygen atoms in total. The van der Waals surface area contributed by atoms with E-state index in [0.29, 0.717) is 24.3 Å². The van der Waals surface area contributed by atoms with Crippen molar-refractivity contribution in [1.29, 1.82) is 0 Å². The molecule has 176 valence electrons. The number of ether oxygens (including phenoxy) is 1. The van der Waals surface area contributed by atoms with Gasteiger partial charge in [-0.05, 0) is 55.5 Å². The van der Waals surface area contributed by atoms with E-state index in [0.717, 1.165) is 6.42 Å². The fourth-order valence-corrected chi connectivity index (χ4v) is 5.69. The molecular formula is C24H28N2O6S. The van der Waals surface area contributed by atoms with E-state index in [1.165, 1.54) is 41.6 Å². The molecule has 0 aromatic heterocycles. The Labute approximate surface area is 194 Å². The highest BCUT2D eigenvalue weighted by Gasteiger charge is 2.32. The lowest BCUT2D eigenvalue weighted by molar-refractivity contribution is -0.119. The number of amides is 1. The summed E-state index contributed by atoms with van der Waals surface area (Å²) in [5.74, 6) is -1.01. The SMILES string of the molecule is CC(=O)c1cccc(NC(=O)COC(=O)c2cccc(S(=O)(=O)N3CC(C)CC(C)C3)c2)c1. The molecule has 1 aliphatic heterocycles. The van der Waals surface area contributed by atoms with Crippen molar-refractivity contribution in [3.63, 3.8) is 0 Å². The number of piperidine rings is 1. The van der Waals surface area contributed by atoms with Crippen molar-refractivity contribution < 1.29 is 27.5 Å². The van der Waals surface area contributed by atoms with E-state index in [9.17, 15) is 22.8 Å². The van der Waals surface area contributed by atoms with Gasteiger partial charge < -0.3 is 10.1 Å². The summed E-state index contributed by atoms with van der Waals surface area (Å²) < 4.78 is 32.7. The fraction of sp³-hybridized carbons (Fsp3) is 0.375. The Morgan fingerprint density at radius 1 is 1.00 bits per heavy atom. The minimum Gasteiger partial charge on any atom is -0.452 e. The van der Waals surface area contributed by atoms with Gasteiger partial charge in [-0.1, -0.05) is 32.0 Å². The van der Waals surface area contributed by atoms with E-state index in [1.807, 2.05) is 13.8 Å². The first-order chi connectivity index (χ1) is 15.6. The summed E-state index contributed by atoms with van der Waals surface area (Å²) in [5.41, 5.74) is 0.891. The lowest BCUT2D eigenvalue weighted by Gasteiger charge is -2.34. The van der Waals surface area contributed by atoms with Gasteiger partial charge in [-0.3, -0.25) is 9.59 Å². The first kappa shape index (κ1) is 24.6. The molecule has 2 aromatic carbocycles. The van der Waals surface area contributed by atoms with Crippen LogP contribution in [0, 0.1) is 11.8 Å². The van der Waals surface area contributed by atoms with Crippen LogP contribution < -0.4 is 5.32 Å². The number of ketones is 1. The van der Waals surface area contributed by atoms with Crippen molar-refractivity contribution in [3.8, 4) is 0 Å². The first-order valence-electron chi connectivity index (χ1n) is 10.7. The normalized spacial score (nSPS) is 19.0. The third kappa shape index (κ3) is 6.27. The van der Waals surface area contributed by atoms with Gasteiger partial charge in [0, 0.05) is 24.3 Å². The van der Waals surface area contributed by atoms with E-state index in [4.69, 9.17) is 4.74 Å². The van der Waals surface area contributed by atoms with Gasteiger partial charge >= 0.3 is 5.97 Å². The molecule has 1 N–H and O–H groups in total. The van der Waals surface area contributed by atoms with E-state index >= 15 is 0 Å². The molecule has 0 aliphatic carbocycles. The van der Waals surface area contributed by atoms with Crippen molar-refractivity contribution in [2.75, 3.05) is 25.0 Å². The topological polar surface area (TPSA) is 110 Å². The zero-order valence-electron chi connectivity index (χ0n) is 18.9. The van der Waals surface area contributed by atoms with Crippen molar-refractivity contribution >= 4 is 33.4 Å². The van der Waals surface area contributed by atoms with Crippen molar-refractivity contribution in [2.24, 2.45) is 11.8 Å². The van der Waals surface area contributed by atoms with Crippen LogP contribution in [0.5, 0.6) is 0 Å². The Kier molecular flexibility index (Phi) is 7.65. The van der Waals surface area contributed by atoms with Gasteiger partial charge in [-0.15, -0.1) is 0 Å². The minimum atomic E-state index is -3.75. The number of sulfonamides is 1. The van der Waals surface area contributed by atoms with Crippen LogP contribution in [0.15, 0.2) is 53.4 Å². The van der Waals surface area contributed by atoms with Crippen LogP contribution in [0.4, 0.5) is 5.69 Å². The van der Waals surface area contributed by atoms with Crippen LogP contribution in [0.25, 0.3) is 0 Å². The average Bonchev–Trinajstić information content (AvgIpc) is 2.77. The summed E-state index contributed by atoms with van der Waals surface area (Å²) in [6.45, 7) is 5.78. The molecule has 1 fully saturated rings. The van der Waals surface area contributed by atoms with E-state index in [-0.39, 0.29) is 28.1 Å². The maximum absolute atomic E-state index is 13.1. The van der Waals surface area contributed by atoms with Gasteiger partial charge in [0.15, 0.2) is 12.4 Å². The van der Waals surface area contributed by atoms with Crippen molar-refractivity contribution in [3.05, 3.63) is 59.7 Å². The predicted molar refractivity (Wildman–Crippen MR) is 124 cm³/mol. The highest BCUT2D eigenvalue weighted by Crippen LogP contribution is 2.27. The second kappa shape index (κ2) is 10.3. The van der Waals surface area contributed by atoms with Gasteiger partial charge in [-0.2, -0.15) is 4.31 Å². The maximum atomic E-state index is 13.1. The quantitative estimate of drug-likeness (QED) is 0.489. The molecule has 1 heterocycles. The Hall–Kier alpha value is -3.04. The lowest BCUT2D eigenvalue weighted by Crippen LogP contribution is -2.42. The van der Waals surface area contributed by atoms with Crippen LogP contribution in [-0.2, 0) is 19.6 Å². The van der Waals surface area contributed by atoms with Crippen LogP contribution in [0.1, 0.15) is 47.9 Å². The number of anilines is 1. The number of nitrogens with zero attached hydrogens (tertiary/aromatic N) is 1. The molecular weight excluding hydrogens is 444 g/mol. The summed E-state index contributed by atoms with van der Waals surface area (Å²) in [5, 5.41) is 2.56. The number of esters is 1. The van der Waals surface area contributed by atoms with Gasteiger partial charge in [0.25, 0.3) is 5.91 Å². The molecule has 1 aliphatic rings. The van der Waals surface area contributed by atoms with E-state index < -0.39 is 28.5 Å². The molecule has 0 saturated carbocycles. The number of Topliss-reactive ketones (excluding diaryl/α,β-unsaturated/α-hetero) is 1. The summed E-state index contributed by atoms with van der Waals surface area (Å²) in [6, 6.07) is 12.0.